The summed E-state index contributed by atoms with van der Waals surface area (Å²) in [6.45, 7) is 1.07. The van der Waals surface area contributed by atoms with Crippen molar-refractivity contribution in [2.45, 2.75) is 18.9 Å². The maximum atomic E-state index is 8.82. The Morgan fingerprint density at radius 3 is 2.43 bits per heavy atom. The molecule has 2 atom stereocenters. The molecule has 0 aromatic heterocycles. The Bertz CT molecular complexity index is 602. The second-order valence-electron chi connectivity index (χ2n) is 4.55. The molecule has 0 spiro atoms. The van der Waals surface area contributed by atoms with Crippen LogP contribution in [0, 0.1) is 0 Å². The van der Waals surface area contributed by atoms with E-state index in [0.717, 1.165) is 5.70 Å². The topological polar surface area (TPSA) is 142 Å². The number of methoxy groups -OCH3 is 2. The van der Waals surface area contributed by atoms with Gasteiger partial charge in [-0.1, -0.05) is 0 Å². The second kappa shape index (κ2) is 9.03. The summed E-state index contributed by atoms with van der Waals surface area (Å²) >= 11 is -5.25. The molecule has 0 saturated carbocycles. The van der Waals surface area contributed by atoms with Crippen molar-refractivity contribution < 1.29 is 48.5 Å². The molecule has 0 aromatic rings. The first-order chi connectivity index (χ1) is 10.8. The summed E-state index contributed by atoms with van der Waals surface area (Å²) < 4.78 is 48.0. The van der Waals surface area contributed by atoms with Crippen LogP contribution in [0.15, 0.2) is 23.9 Å². The summed E-state index contributed by atoms with van der Waals surface area (Å²) in [7, 11) is 3.28. The number of ether oxygens (including phenoxy) is 3. The first-order valence-electron chi connectivity index (χ1n) is 6.51. The molecule has 2 rings (SSSR count). The molecule has 1 fully saturated rings. The molecular weight excluding hydrogens is 350 g/mol. The standard InChI is InChI=1S/C12H17N3O3.Cr.2H2O.2O/c1-16-11-8-18-12(17-2)7-15(11)10-5-3-9(14-13)4-6-10;;;;;/h3,5-6,11-12H,4,7-8H2,1-2H3;;2*1H2;;/q;+2;;;;/p-2. The van der Waals surface area contributed by atoms with Gasteiger partial charge in [-0.2, -0.15) is 4.79 Å². The summed E-state index contributed by atoms with van der Waals surface area (Å²) in [5.41, 5.74) is 10.4. The molecule has 11 heteroatoms. The number of allylic oxidation sites excluding steroid dienone is 3. The molecule has 1 aliphatic carbocycles. The number of morpholine rings is 1. The van der Waals surface area contributed by atoms with E-state index in [1.54, 1.807) is 20.3 Å². The Morgan fingerprint density at radius 2 is 2.00 bits per heavy atom. The zero-order valence-electron chi connectivity index (χ0n) is 12.7. The normalized spacial score (nSPS) is 24.4. The van der Waals surface area contributed by atoms with E-state index in [9.17, 15) is 0 Å². The van der Waals surface area contributed by atoms with E-state index in [4.69, 9.17) is 35.7 Å². The van der Waals surface area contributed by atoms with E-state index >= 15 is 0 Å². The van der Waals surface area contributed by atoms with Gasteiger partial charge in [0.15, 0.2) is 12.5 Å². The van der Waals surface area contributed by atoms with Crippen LogP contribution < -0.4 is 0 Å². The molecule has 0 bridgehead atoms. The SMILES string of the molecule is COC1CN(C2=CCC(=[N+]=[N-])C=C2)C(OC)CO1.[O]=[Cr](=[O])([OH])[OH]. The second-order valence-corrected chi connectivity index (χ2v) is 5.95. The first kappa shape index (κ1) is 19.6. The summed E-state index contributed by atoms with van der Waals surface area (Å²) in [4.78, 5) is 5.27. The molecule has 10 nitrogen and oxygen atoms in total. The zero-order chi connectivity index (χ0) is 17.5. The summed E-state index contributed by atoms with van der Waals surface area (Å²) in [6, 6.07) is 0. The minimum atomic E-state index is -5.25. The Labute approximate surface area is 135 Å². The first-order valence-corrected chi connectivity index (χ1v) is 8.69. The summed E-state index contributed by atoms with van der Waals surface area (Å²) in [5.74, 6) is 0. The summed E-state index contributed by atoms with van der Waals surface area (Å²) in [6.07, 6.45) is 5.92. The van der Waals surface area contributed by atoms with Gasteiger partial charge in [-0.3, -0.25) is 0 Å². The van der Waals surface area contributed by atoms with E-state index in [0.29, 0.717) is 25.3 Å². The van der Waals surface area contributed by atoms with Gasteiger partial charge in [0.1, 0.15) is 0 Å². The number of hydrogen-bond acceptors (Lipinski definition) is 6. The third kappa shape index (κ3) is 7.13. The fraction of sp³-hybridized carbons (Fsp3) is 0.583. The van der Waals surface area contributed by atoms with Gasteiger partial charge in [0, 0.05) is 26.0 Å². The average molecular weight is 369 g/mol. The van der Waals surface area contributed by atoms with Gasteiger partial charge in [0.2, 0.25) is 0 Å². The zero-order valence-corrected chi connectivity index (χ0v) is 14.0. The van der Waals surface area contributed by atoms with E-state index in [1.165, 1.54) is 0 Å². The Morgan fingerprint density at radius 1 is 1.35 bits per heavy atom. The molecule has 130 valence electrons. The maximum absolute atomic E-state index is 8.82. The van der Waals surface area contributed by atoms with Gasteiger partial charge < -0.3 is 24.6 Å². The van der Waals surface area contributed by atoms with Crippen LogP contribution in [0.2, 0.25) is 0 Å². The van der Waals surface area contributed by atoms with Crippen molar-refractivity contribution in [3.05, 3.63) is 29.5 Å². The molecule has 2 N–H and O–H groups in total. The fourth-order valence-corrected chi connectivity index (χ4v) is 2.03. The van der Waals surface area contributed by atoms with Crippen molar-refractivity contribution in [3.63, 3.8) is 0 Å². The van der Waals surface area contributed by atoms with Crippen molar-refractivity contribution in [2.24, 2.45) is 0 Å². The van der Waals surface area contributed by atoms with Crippen molar-refractivity contribution in [1.82, 2.24) is 4.90 Å². The molecule has 1 heterocycles. The van der Waals surface area contributed by atoms with Crippen molar-refractivity contribution in [3.8, 4) is 0 Å². The fourth-order valence-electron chi connectivity index (χ4n) is 2.03. The molecule has 23 heavy (non-hydrogen) atoms. The third-order valence-corrected chi connectivity index (χ3v) is 3.08. The van der Waals surface area contributed by atoms with Crippen LogP contribution in [-0.4, -0.2) is 63.6 Å². The molecule has 2 aliphatic rings. The molecule has 1 saturated heterocycles. The van der Waals surface area contributed by atoms with Gasteiger partial charge in [0.05, 0.1) is 19.6 Å². The number of hydrogen-bond donors (Lipinski definition) is 2. The molecule has 1 aliphatic heterocycles. The van der Waals surface area contributed by atoms with Gasteiger partial charge >= 0.3 is 29.5 Å². The van der Waals surface area contributed by atoms with Crippen LogP contribution in [0.4, 0.5) is 0 Å². The Balaban J connectivity index is 0.000000463. The predicted octanol–water partition coefficient (Wildman–Crippen LogP) is -0.576. The van der Waals surface area contributed by atoms with E-state index < -0.39 is 13.6 Å². The van der Waals surface area contributed by atoms with Gasteiger partial charge in [-0.15, -0.1) is 0 Å². The third-order valence-electron chi connectivity index (χ3n) is 3.08. The Hall–Kier alpha value is -1.41. The van der Waals surface area contributed by atoms with Crippen LogP contribution in [0.3, 0.4) is 0 Å². The van der Waals surface area contributed by atoms with Crippen LogP contribution in [0.1, 0.15) is 6.42 Å². The van der Waals surface area contributed by atoms with E-state index in [2.05, 4.69) is 9.69 Å². The average Bonchev–Trinajstić information content (AvgIpc) is 2.52. The van der Waals surface area contributed by atoms with Crippen molar-refractivity contribution in [2.75, 3.05) is 27.4 Å². The molecule has 0 aromatic carbocycles. The minimum absolute atomic E-state index is 0.125. The van der Waals surface area contributed by atoms with Crippen LogP contribution in [0.25, 0.3) is 5.53 Å². The number of nitrogens with zero attached hydrogens (tertiary/aromatic N) is 3. The van der Waals surface area contributed by atoms with Gasteiger partial charge in [0.25, 0.3) is 5.71 Å². The van der Waals surface area contributed by atoms with Gasteiger partial charge in [-0.05, 0) is 12.2 Å². The van der Waals surface area contributed by atoms with Crippen LogP contribution >= 0.6 is 0 Å². The monoisotopic (exact) mass is 369 g/mol. The summed E-state index contributed by atoms with van der Waals surface area (Å²) in [5, 5.41) is 0. The molecule has 0 amide bonds. The Kier molecular flexibility index (Phi) is 7.71. The molecule has 2 unspecified atom stereocenters. The quantitative estimate of drug-likeness (QED) is 0.497. The molecular formula is C12H19CrN3O7. The van der Waals surface area contributed by atoms with Crippen molar-refractivity contribution >= 4 is 5.71 Å². The van der Waals surface area contributed by atoms with Crippen LogP contribution in [0.5, 0.6) is 0 Å². The van der Waals surface area contributed by atoms with E-state index in [-0.39, 0.29) is 12.5 Å². The van der Waals surface area contributed by atoms with Gasteiger partial charge in [-0.25, -0.2) is 0 Å². The van der Waals surface area contributed by atoms with Crippen molar-refractivity contribution in [1.29, 1.82) is 0 Å². The number of rotatable bonds is 3. The van der Waals surface area contributed by atoms with Crippen LogP contribution in [-0.2, 0) is 35.4 Å². The predicted molar refractivity (Wildman–Crippen MR) is 70.5 cm³/mol. The molecule has 0 radical (unpaired) electrons. The van der Waals surface area contributed by atoms with E-state index in [1.807, 2.05) is 12.2 Å².